The van der Waals surface area contributed by atoms with Gasteiger partial charge in [0.25, 0.3) is 0 Å². The van der Waals surface area contributed by atoms with Crippen LogP contribution in [0.2, 0.25) is 5.02 Å². The number of carbonyl (C=O) groups excluding carboxylic acids is 1. The highest BCUT2D eigenvalue weighted by atomic mass is 35.5. The van der Waals surface area contributed by atoms with Crippen molar-refractivity contribution in [1.29, 1.82) is 0 Å². The fourth-order valence-electron chi connectivity index (χ4n) is 2.85. The first-order valence-corrected chi connectivity index (χ1v) is 6.50. The summed E-state index contributed by atoms with van der Waals surface area (Å²) in [5.74, 6) is 0.0935. The van der Waals surface area contributed by atoms with Crippen molar-refractivity contribution in [3.05, 3.63) is 70.7 Å². The smallest absolute Gasteiger partial charge is 0.194 e. The van der Waals surface area contributed by atoms with Gasteiger partial charge in [-0.15, -0.1) is 0 Å². The Morgan fingerprint density at radius 1 is 0.737 bits per heavy atom. The zero-order chi connectivity index (χ0) is 13.0. The van der Waals surface area contributed by atoms with E-state index in [1.54, 1.807) is 0 Å². The van der Waals surface area contributed by atoms with Crippen molar-refractivity contribution in [3.8, 4) is 11.1 Å². The molecule has 0 saturated carbocycles. The molecule has 4 rings (SSSR count). The number of hydrogen-bond acceptors (Lipinski definition) is 1. The van der Waals surface area contributed by atoms with Gasteiger partial charge in [-0.2, -0.15) is 0 Å². The molecule has 0 saturated heterocycles. The molecule has 19 heavy (non-hydrogen) atoms. The zero-order valence-corrected chi connectivity index (χ0v) is 10.7. The standard InChI is InChI=1S/C17H9ClO/c18-11-8-10-4-3-7-14-16(10)15(9-11)12-5-1-2-6-13(12)17(14)19/h1-9H. The van der Waals surface area contributed by atoms with Crippen LogP contribution in [0.5, 0.6) is 0 Å². The minimum Gasteiger partial charge on any atom is -0.289 e. The molecule has 0 heterocycles. The van der Waals surface area contributed by atoms with E-state index < -0.39 is 0 Å². The Morgan fingerprint density at radius 3 is 2.32 bits per heavy atom. The van der Waals surface area contributed by atoms with E-state index in [1.165, 1.54) is 0 Å². The van der Waals surface area contributed by atoms with Crippen LogP contribution in [0.3, 0.4) is 0 Å². The van der Waals surface area contributed by atoms with Crippen molar-refractivity contribution in [2.24, 2.45) is 0 Å². The Labute approximate surface area is 115 Å². The van der Waals surface area contributed by atoms with Crippen LogP contribution in [0.4, 0.5) is 0 Å². The predicted molar refractivity (Wildman–Crippen MR) is 77.8 cm³/mol. The molecule has 0 unspecified atom stereocenters. The van der Waals surface area contributed by atoms with Gasteiger partial charge in [0.1, 0.15) is 0 Å². The van der Waals surface area contributed by atoms with E-state index in [9.17, 15) is 4.79 Å². The van der Waals surface area contributed by atoms with Gasteiger partial charge >= 0.3 is 0 Å². The van der Waals surface area contributed by atoms with Crippen molar-refractivity contribution in [1.82, 2.24) is 0 Å². The van der Waals surface area contributed by atoms with Gasteiger partial charge in [-0.05, 0) is 28.6 Å². The minimum absolute atomic E-state index is 0.0935. The molecule has 1 aliphatic rings. The lowest BCUT2D eigenvalue weighted by molar-refractivity contribution is 0.104. The van der Waals surface area contributed by atoms with Crippen LogP contribution in [0.15, 0.2) is 54.6 Å². The molecule has 90 valence electrons. The molecule has 2 heteroatoms. The van der Waals surface area contributed by atoms with Gasteiger partial charge < -0.3 is 0 Å². The Bertz CT molecular complexity index is 849. The largest absolute Gasteiger partial charge is 0.289 e. The lowest BCUT2D eigenvalue weighted by Crippen LogP contribution is -2.09. The van der Waals surface area contributed by atoms with Crippen molar-refractivity contribution < 1.29 is 4.79 Å². The molecule has 0 radical (unpaired) electrons. The highest BCUT2D eigenvalue weighted by Crippen LogP contribution is 2.40. The SMILES string of the molecule is O=C1c2ccccc2-c2cc(Cl)cc3cccc1c23. The number of benzene rings is 3. The molecule has 1 nitrogen and oxygen atoms in total. The third kappa shape index (κ3) is 1.39. The molecule has 0 spiro atoms. The summed E-state index contributed by atoms with van der Waals surface area (Å²) in [4.78, 5) is 12.5. The monoisotopic (exact) mass is 264 g/mol. The van der Waals surface area contributed by atoms with Gasteiger partial charge in [0.05, 0.1) is 0 Å². The van der Waals surface area contributed by atoms with E-state index in [4.69, 9.17) is 11.6 Å². The first-order valence-electron chi connectivity index (χ1n) is 6.12. The van der Waals surface area contributed by atoms with Crippen LogP contribution < -0.4 is 0 Å². The molecule has 0 N–H and O–H groups in total. The van der Waals surface area contributed by atoms with Crippen molar-refractivity contribution in [2.75, 3.05) is 0 Å². The van der Waals surface area contributed by atoms with E-state index in [0.717, 1.165) is 33.0 Å². The van der Waals surface area contributed by atoms with Crippen LogP contribution in [-0.4, -0.2) is 5.78 Å². The Morgan fingerprint density at radius 2 is 1.47 bits per heavy atom. The minimum atomic E-state index is 0.0935. The average Bonchev–Trinajstić information content (AvgIpc) is 2.44. The summed E-state index contributed by atoms with van der Waals surface area (Å²) >= 11 is 6.20. The Hall–Kier alpha value is -2.12. The first kappa shape index (κ1) is 10.8. The maximum Gasteiger partial charge on any atom is 0.194 e. The summed E-state index contributed by atoms with van der Waals surface area (Å²) in [6.07, 6.45) is 0. The van der Waals surface area contributed by atoms with Crippen molar-refractivity contribution in [2.45, 2.75) is 0 Å². The van der Waals surface area contributed by atoms with Crippen LogP contribution in [0.1, 0.15) is 15.9 Å². The van der Waals surface area contributed by atoms with Crippen molar-refractivity contribution >= 4 is 28.2 Å². The zero-order valence-electron chi connectivity index (χ0n) is 9.98. The third-order valence-electron chi connectivity index (χ3n) is 3.65. The summed E-state index contributed by atoms with van der Waals surface area (Å²) < 4.78 is 0. The van der Waals surface area contributed by atoms with Gasteiger partial charge in [-0.25, -0.2) is 0 Å². The predicted octanol–water partition coefficient (Wildman–Crippen LogP) is 4.70. The van der Waals surface area contributed by atoms with E-state index >= 15 is 0 Å². The van der Waals surface area contributed by atoms with Gasteiger partial charge in [0, 0.05) is 21.5 Å². The molecule has 3 aromatic rings. The summed E-state index contributed by atoms with van der Waals surface area (Å²) in [7, 11) is 0. The van der Waals surface area contributed by atoms with E-state index in [-0.39, 0.29) is 5.78 Å². The summed E-state index contributed by atoms with van der Waals surface area (Å²) in [6, 6.07) is 17.3. The van der Waals surface area contributed by atoms with Gasteiger partial charge in [0.15, 0.2) is 5.78 Å². The maximum atomic E-state index is 12.5. The number of fused-ring (bicyclic) bond motifs is 2. The summed E-state index contributed by atoms with van der Waals surface area (Å²) in [5.41, 5.74) is 3.54. The number of carbonyl (C=O) groups is 1. The number of rotatable bonds is 0. The molecular weight excluding hydrogens is 256 g/mol. The number of hydrogen-bond donors (Lipinski definition) is 0. The molecule has 0 bridgehead atoms. The van der Waals surface area contributed by atoms with Gasteiger partial charge in [-0.3, -0.25) is 4.79 Å². The van der Waals surface area contributed by atoms with E-state index in [0.29, 0.717) is 5.02 Å². The van der Waals surface area contributed by atoms with Crippen LogP contribution in [-0.2, 0) is 0 Å². The molecular formula is C17H9ClO. The highest BCUT2D eigenvalue weighted by molar-refractivity contribution is 6.33. The lowest BCUT2D eigenvalue weighted by Gasteiger charge is -2.19. The second-order valence-electron chi connectivity index (χ2n) is 4.73. The van der Waals surface area contributed by atoms with Crippen LogP contribution >= 0.6 is 11.6 Å². The molecule has 3 aromatic carbocycles. The second-order valence-corrected chi connectivity index (χ2v) is 5.17. The van der Waals surface area contributed by atoms with Crippen LogP contribution in [0.25, 0.3) is 21.9 Å². The van der Waals surface area contributed by atoms with Gasteiger partial charge in [0.2, 0.25) is 0 Å². The molecule has 0 aromatic heterocycles. The first-order chi connectivity index (χ1) is 9.25. The van der Waals surface area contributed by atoms with Gasteiger partial charge in [-0.1, -0.05) is 54.1 Å². The molecule has 0 fully saturated rings. The fraction of sp³-hybridized carbons (Fsp3) is 0. The summed E-state index contributed by atoms with van der Waals surface area (Å²) in [5, 5.41) is 2.72. The van der Waals surface area contributed by atoms with E-state index in [2.05, 4.69) is 0 Å². The molecule has 0 amide bonds. The number of ketones is 1. The highest BCUT2D eigenvalue weighted by Gasteiger charge is 2.24. The summed E-state index contributed by atoms with van der Waals surface area (Å²) in [6.45, 7) is 0. The second kappa shape index (κ2) is 3.69. The maximum absolute atomic E-state index is 12.5. The van der Waals surface area contributed by atoms with Crippen LogP contribution in [0, 0.1) is 0 Å². The van der Waals surface area contributed by atoms with Crippen molar-refractivity contribution in [3.63, 3.8) is 0 Å². The molecule has 1 aliphatic carbocycles. The average molecular weight is 265 g/mol. The van der Waals surface area contributed by atoms with E-state index in [1.807, 2.05) is 54.6 Å². The molecule has 0 aliphatic heterocycles. The Balaban J connectivity index is 2.28. The lowest BCUT2D eigenvalue weighted by atomic mass is 9.83. The fourth-order valence-corrected chi connectivity index (χ4v) is 3.08. The third-order valence-corrected chi connectivity index (χ3v) is 3.87. The Kier molecular flexibility index (Phi) is 2.09. The normalized spacial score (nSPS) is 12.6. The number of halogens is 1. The molecule has 0 atom stereocenters. The topological polar surface area (TPSA) is 17.1 Å². The quantitative estimate of drug-likeness (QED) is 0.450.